The van der Waals surface area contributed by atoms with Crippen LogP contribution < -0.4 is 19.7 Å². The lowest BCUT2D eigenvalue weighted by Crippen LogP contribution is -2.39. The predicted octanol–water partition coefficient (Wildman–Crippen LogP) is 4.60. The van der Waals surface area contributed by atoms with Crippen LogP contribution in [0.3, 0.4) is 0 Å². The van der Waals surface area contributed by atoms with Gasteiger partial charge in [-0.05, 0) is 74.4 Å². The minimum atomic E-state index is -0.997. The summed E-state index contributed by atoms with van der Waals surface area (Å²) in [5, 5.41) is 2.76. The summed E-state index contributed by atoms with van der Waals surface area (Å²) in [6.45, 7) is 4.10. The molecule has 4 rings (SSSR count). The van der Waals surface area contributed by atoms with Crippen molar-refractivity contribution in [2.75, 3.05) is 37.6 Å². The van der Waals surface area contributed by atoms with Crippen molar-refractivity contribution in [3.63, 3.8) is 0 Å². The molecule has 10 heteroatoms. The van der Waals surface area contributed by atoms with Crippen LogP contribution in [0.2, 0.25) is 0 Å². The van der Waals surface area contributed by atoms with Crippen LogP contribution in [0, 0.1) is 6.92 Å². The zero-order chi connectivity index (χ0) is 29.5. The first-order valence-electron chi connectivity index (χ1n) is 13.2. The van der Waals surface area contributed by atoms with Crippen molar-refractivity contribution in [3.05, 3.63) is 83.4 Å². The number of amides is 4. The highest BCUT2D eigenvalue weighted by atomic mass is 16.5. The highest BCUT2D eigenvalue weighted by Crippen LogP contribution is 2.30. The number of anilines is 2. The van der Waals surface area contributed by atoms with Crippen LogP contribution >= 0.6 is 0 Å². The van der Waals surface area contributed by atoms with Crippen molar-refractivity contribution >= 4 is 35.2 Å². The smallest absolute Gasteiger partial charge is 0.338 e. The monoisotopic (exact) mass is 559 g/mol. The Morgan fingerprint density at radius 2 is 1.59 bits per heavy atom. The van der Waals surface area contributed by atoms with E-state index in [1.54, 1.807) is 63.6 Å². The molecule has 3 aromatic rings. The van der Waals surface area contributed by atoms with E-state index < -0.39 is 29.9 Å². The Morgan fingerprint density at radius 1 is 0.902 bits per heavy atom. The number of urea groups is 1. The molecule has 10 nitrogen and oxygen atoms in total. The summed E-state index contributed by atoms with van der Waals surface area (Å²) in [7, 11) is 3.10. The van der Waals surface area contributed by atoms with Crippen molar-refractivity contribution < 1.29 is 33.4 Å². The second kappa shape index (κ2) is 13.0. The van der Waals surface area contributed by atoms with Gasteiger partial charge in [-0.1, -0.05) is 23.8 Å². The topological polar surface area (TPSA) is 114 Å². The highest BCUT2D eigenvalue weighted by Gasteiger charge is 2.46. The SMILES string of the molecule is CCOC(=O)c1ccc(NC(=O)C[C@@H]2C(=O)N(c3ccc(C)cc3)C(=O)N2CCc2ccc(OC)c(OC)c2)cc1. The normalized spacial score (nSPS) is 14.7. The zero-order valence-electron chi connectivity index (χ0n) is 23.5. The van der Waals surface area contributed by atoms with E-state index in [-0.39, 0.29) is 19.6 Å². The summed E-state index contributed by atoms with van der Waals surface area (Å²) in [6, 6.07) is 17.3. The van der Waals surface area contributed by atoms with E-state index in [0.29, 0.717) is 34.9 Å². The number of imide groups is 1. The fourth-order valence-corrected chi connectivity index (χ4v) is 4.60. The molecule has 0 bridgehead atoms. The number of hydrogen-bond donors (Lipinski definition) is 1. The van der Waals surface area contributed by atoms with Crippen LogP contribution in [0.1, 0.15) is 34.8 Å². The minimum absolute atomic E-state index is 0.203. The van der Waals surface area contributed by atoms with Gasteiger partial charge < -0.3 is 24.4 Å². The van der Waals surface area contributed by atoms with Gasteiger partial charge in [0.05, 0.1) is 38.5 Å². The number of carbonyl (C=O) groups is 4. The van der Waals surface area contributed by atoms with Crippen molar-refractivity contribution in [2.45, 2.75) is 32.7 Å². The maximum absolute atomic E-state index is 13.6. The standard InChI is InChI=1S/C31H33N3O7/c1-5-41-30(37)22-9-11-23(12-10-22)32-28(35)19-25-29(36)34(24-13-6-20(2)7-14-24)31(38)33(25)17-16-21-8-15-26(39-3)27(18-21)40-4/h6-15,18,25H,5,16-17,19H2,1-4H3,(H,32,35)/t25-/m1/s1. The molecule has 1 saturated heterocycles. The number of benzene rings is 3. The van der Waals surface area contributed by atoms with Crippen molar-refractivity contribution in [3.8, 4) is 11.5 Å². The van der Waals surface area contributed by atoms with Crippen LogP contribution in [-0.4, -0.2) is 62.1 Å². The average molecular weight is 560 g/mol. The van der Waals surface area contributed by atoms with Crippen LogP contribution in [-0.2, 0) is 20.7 Å². The molecule has 0 radical (unpaired) electrons. The molecule has 0 unspecified atom stereocenters. The second-order valence-corrected chi connectivity index (χ2v) is 9.49. The van der Waals surface area contributed by atoms with Crippen LogP contribution in [0.5, 0.6) is 11.5 Å². The summed E-state index contributed by atoms with van der Waals surface area (Å²) in [6.07, 6.45) is 0.188. The summed E-state index contributed by atoms with van der Waals surface area (Å²) in [4.78, 5) is 54.7. The zero-order valence-corrected chi connectivity index (χ0v) is 23.5. The Kier molecular flexibility index (Phi) is 9.23. The van der Waals surface area contributed by atoms with E-state index in [4.69, 9.17) is 14.2 Å². The number of aryl methyl sites for hydroxylation is 1. The lowest BCUT2D eigenvalue weighted by atomic mass is 10.1. The second-order valence-electron chi connectivity index (χ2n) is 9.49. The third-order valence-corrected chi connectivity index (χ3v) is 6.76. The van der Waals surface area contributed by atoms with E-state index in [1.807, 2.05) is 31.2 Å². The average Bonchev–Trinajstić information content (AvgIpc) is 3.20. The van der Waals surface area contributed by atoms with E-state index in [2.05, 4.69) is 5.32 Å². The van der Waals surface area contributed by atoms with Gasteiger partial charge in [-0.25, -0.2) is 14.5 Å². The first kappa shape index (κ1) is 29.1. The first-order valence-corrected chi connectivity index (χ1v) is 13.2. The number of hydrogen-bond acceptors (Lipinski definition) is 7. The Balaban J connectivity index is 1.53. The molecular formula is C31H33N3O7. The first-order chi connectivity index (χ1) is 19.7. The molecule has 4 amide bonds. The molecule has 1 fully saturated rings. The van der Waals surface area contributed by atoms with Crippen molar-refractivity contribution in [1.29, 1.82) is 0 Å². The Morgan fingerprint density at radius 3 is 2.22 bits per heavy atom. The molecule has 1 heterocycles. The lowest BCUT2D eigenvalue weighted by Gasteiger charge is -2.22. The predicted molar refractivity (Wildman–Crippen MR) is 153 cm³/mol. The van der Waals surface area contributed by atoms with Gasteiger partial charge in [-0.15, -0.1) is 0 Å². The summed E-state index contributed by atoms with van der Waals surface area (Å²) in [5.74, 6) is -0.235. The molecule has 0 aliphatic carbocycles. The quantitative estimate of drug-likeness (QED) is 0.270. The summed E-state index contributed by atoms with van der Waals surface area (Å²) < 4.78 is 15.7. The number of esters is 1. The van der Waals surface area contributed by atoms with Gasteiger partial charge in [-0.3, -0.25) is 9.59 Å². The third kappa shape index (κ3) is 6.66. The number of carbonyl (C=O) groups excluding carboxylic acids is 4. The largest absolute Gasteiger partial charge is 0.493 e. The summed E-state index contributed by atoms with van der Waals surface area (Å²) in [5.41, 5.74) is 3.12. The van der Waals surface area contributed by atoms with Crippen LogP contribution in [0.4, 0.5) is 16.2 Å². The molecule has 41 heavy (non-hydrogen) atoms. The molecule has 0 saturated carbocycles. The molecule has 1 aliphatic heterocycles. The van der Waals surface area contributed by atoms with Gasteiger partial charge in [0, 0.05) is 12.2 Å². The van der Waals surface area contributed by atoms with E-state index in [9.17, 15) is 19.2 Å². The number of ether oxygens (including phenoxy) is 3. The Hall–Kier alpha value is -4.86. The number of nitrogens with zero attached hydrogens (tertiary/aromatic N) is 2. The van der Waals surface area contributed by atoms with Gasteiger partial charge in [-0.2, -0.15) is 0 Å². The maximum atomic E-state index is 13.6. The molecule has 3 aromatic carbocycles. The molecular weight excluding hydrogens is 526 g/mol. The van der Waals surface area contributed by atoms with Gasteiger partial charge in [0.2, 0.25) is 5.91 Å². The third-order valence-electron chi connectivity index (χ3n) is 6.76. The van der Waals surface area contributed by atoms with E-state index in [0.717, 1.165) is 16.0 Å². The number of rotatable bonds is 11. The molecule has 214 valence electrons. The lowest BCUT2D eigenvalue weighted by molar-refractivity contribution is -0.124. The number of nitrogens with one attached hydrogen (secondary N) is 1. The highest BCUT2D eigenvalue weighted by molar-refractivity contribution is 6.22. The van der Waals surface area contributed by atoms with E-state index >= 15 is 0 Å². The summed E-state index contributed by atoms with van der Waals surface area (Å²) >= 11 is 0. The molecule has 0 spiro atoms. The number of methoxy groups -OCH3 is 2. The fourth-order valence-electron chi connectivity index (χ4n) is 4.60. The van der Waals surface area contributed by atoms with Gasteiger partial charge >= 0.3 is 12.0 Å². The Labute approximate surface area is 238 Å². The Bertz CT molecular complexity index is 1420. The van der Waals surface area contributed by atoms with Crippen molar-refractivity contribution in [1.82, 2.24) is 4.90 Å². The van der Waals surface area contributed by atoms with Crippen molar-refractivity contribution in [2.24, 2.45) is 0 Å². The molecule has 0 aromatic heterocycles. The van der Waals surface area contributed by atoms with E-state index in [1.165, 1.54) is 4.90 Å². The minimum Gasteiger partial charge on any atom is -0.493 e. The fraction of sp³-hybridized carbons (Fsp3) is 0.290. The maximum Gasteiger partial charge on any atom is 0.338 e. The van der Waals surface area contributed by atoms with Crippen LogP contribution in [0.15, 0.2) is 66.7 Å². The molecule has 1 N–H and O–H groups in total. The van der Waals surface area contributed by atoms with Gasteiger partial charge in [0.1, 0.15) is 6.04 Å². The molecule has 1 atom stereocenters. The molecule has 1 aliphatic rings. The van der Waals surface area contributed by atoms with Gasteiger partial charge in [0.15, 0.2) is 11.5 Å². The van der Waals surface area contributed by atoms with Gasteiger partial charge in [0.25, 0.3) is 5.91 Å². The van der Waals surface area contributed by atoms with Crippen LogP contribution in [0.25, 0.3) is 0 Å².